The zero-order valence-corrected chi connectivity index (χ0v) is 10.7. The van der Waals surface area contributed by atoms with Crippen LogP contribution in [0.15, 0.2) is 0 Å². The number of Topliss-reactive ketones (excluding diaryl/α,β-unsaturated/α-hetero) is 1. The van der Waals surface area contributed by atoms with Gasteiger partial charge in [-0.15, -0.1) is 11.3 Å². The molecule has 0 aromatic carbocycles. The summed E-state index contributed by atoms with van der Waals surface area (Å²) in [4.78, 5) is 11.5. The minimum atomic E-state index is -4.23. The molecule has 0 aliphatic heterocycles. The second kappa shape index (κ2) is 5.47. The van der Waals surface area contributed by atoms with Crippen molar-refractivity contribution in [3.05, 3.63) is 4.88 Å². The Morgan fingerprint density at radius 3 is 2.56 bits per heavy atom. The molecule has 0 saturated carbocycles. The molecule has 0 aliphatic rings. The molecule has 0 aliphatic carbocycles. The molecule has 0 unspecified atom stereocenters. The first-order valence-corrected chi connectivity index (χ1v) is 5.85. The van der Waals surface area contributed by atoms with E-state index in [2.05, 4.69) is 5.32 Å². The summed E-state index contributed by atoms with van der Waals surface area (Å²) >= 11 is 0.991. The monoisotopic (exact) mass is 282 g/mol. The van der Waals surface area contributed by atoms with Gasteiger partial charge in [0.1, 0.15) is 5.00 Å². The van der Waals surface area contributed by atoms with Gasteiger partial charge in [0.15, 0.2) is 11.5 Å². The molecule has 1 aromatic rings. The van der Waals surface area contributed by atoms with E-state index in [1.165, 1.54) is 14.0 Å². The molecule has 0 spiro atoms. The smallest absolute Gasteiger partial charge is 0.390 e. The Bertz CT molecular complexity index is 443. The van der Waals surface area contributed by atoms with Crippen molar-refractivity contribution in [2.24, 2.45) is 0 Å². The normalized spacial score (nSPS) is 11.4. The highest BCUT2D eigenvalue weighted by Gasteiger charge is 2.27. The van der Waals surface area contributed by atoms with Crippen LogP contribution in [-0.2, 0) is 0 Å². The van der Waals surface area contributed by atoms with Crippen LogP contribution in [0, 0.1) is 0 Å². The molecule has 4 nitrogen and oxygen atoms in total. The van der Waals surface area contributed by atoms with Gasteiger partial charge in [-0.1, -0.05) is 0 Å². The van der Waals surface area contributed by atoms with Gasteiger partial charge in [0.2, 0.25) is 0 Å². The minimum absolute atomic E-state index is 0.157. The molecule has 0 atom stereocenters. The maximum Gasteiger partial charge on any atom is 0.390 e. The van der Waals surface area contributed by atoms with Crippen molar-refractivity contribution in [3.63, 3.8) is 0 Å². The maximum absolute atomic E-state index is 12.0. The largest absolute Gasteiger partial charge is 0.492 e. The molecule has 3 N–H and O–H groups in total. The summed E-state index contributed by atoms with van der Waals surface area (Å²) < 4.78 is 41.0. The lowest BCUT2D eigenvalue weighted by Crippen LogP contribution is -2.14. The number of hydrogen-bond acceptors (Lipinski definition) is 5. The van der Waals surface area contributed by atoms with Gasteiger partial charge in [0.05, 0.1) is 24.1 Å². The average Bonchev–Trinajstić information content (AvgIpc) is 2.53. The van der Waals surface area contributed by atoms with E-state index in [1.54, 1.807) is 0 Å². The molecular formula is C10H13F3N2O2S. The summed E-state index contributed by atoms with van der Waals surface area (Å²) in [7, 11) is 1.34. The summed E-state index contributed by atoms with van der Waals surface area (Å²) in [6.07, 6.45) is -5.20. The molecule has 8 heteroatoms. The first kappa shape index (κ1) is 14.6. The zero-order chi connectivity index (χ0) is 13.9. The Morgan fingerprint density at radius 1 is 1.50 bits per heavy atom. The van der Waals surface area contributed by atoms with E-state index in [1.807, 2.05) is 0 Å². The van der Waals surface area contributed by atoms with Gasteiger partial charge in [-0.3, -0.25) is 4.79 Å². The molecule has 0 bridgehead atoms. The summed E-state index contributed by atoms with van der Waals surface area (Å²) in [6.45, 7) is 1.04. The predicted octanol–water partition coefficient (Wildman–Crippen LogP) is 2.91. The Hall–Kier alpha value is -1.44. The number of alkyl halides is 3. The van der Waals surface area contributed by atoms with Crippen LogP contribution >= 0.6 is 11.3 Å². The highest BCUT2D eigenvalue weighted by Crippen LogP contribution is 2.42. The fourth-order valence-corrected chi connectivity index (χ4v) is 2.34. The molecule has 0 radical (unpaired) electrons. The molecule has 1 aromatic heterocycles. The van der Waals surface area contributed by atoms with Crippen LogP contribution in [0.2, 0.25) is 0 Å². The van der Waals surface area contributed by atoms with Gasteiger partial charge in [0, 0.05) is 13.5 Å². The number of rotatable bonds is 5. The van der Waals surface area contributed by atoms with E-state index in [4.69, 9.17) is 10.5 Å². The quantitative estimate of drug-likeness (QED) is 0.815. The SMILES string of the molecule is COc1c(NCCC(F)(F)F)sc(C(C)=O)c1N. The molecule has 0 amide bonds. The first-order chi connectivity index (χ1) is 8.26. The van der Waals surface area contributed by atoms with Gasteiger partial charge in [-0.2, -0.15) is 13.2 Å². The number of methoxy groups -OCH3 is 1. The Balaban J connectivity index is 2.82. The number of thiophene rings is 1. The lowest BCUT2D eigenvalue weighted by molar-refractivity contribution is -0.131. The lowest BCUT2D eigenvalue weighted by atomic mass is 10.3. The topological polar surface area (TPSA) is 64.3 Å². The van der Waals surface area contributed by atoms with Crippen molar-refractivity contribution in [1.82, 2.24) is 0 Å². The van der Waals surface area contributed by atoms with Crippen LogP contribution in [-0.4, -0.2) is 25.6 Å². The second-order valence-electron chi connectivity index (χ2n) is 3.56. The third-order valence-corrected chi connectivity index (χ3v) is 3.36. The number of ether oxygens (including phenoxy) is 1. The molecule has 1 heterocycles. The number of nitrogens with one attached hydrogen (secondary N) is 1. The minimum Gasteiger partial charge on any atom is -0.492 e. The van der Waals surface area contributed by atoms with Crippen LogP contribution in [0.5, 0.6) is 5.75 Å². The number of carbonyl (C=O) groups is 1. The zero-order valence-electron chi connectivity index (χ0n) is 9.85. The number of hydrogen-bond donors (Lipinski definition) is 2. The van der Waals surface area contributed by atoms with Crippen LogP contribution in [0.25, 0.3) is 0 Å². The van der Waals surface area contributed by atoms with Crippen LogP contribution < -0.4 is 15.8 Å². The van der Waals surface area contributed by atoms with Crippen molar-refractivity contribution in [3.8, 4) is 5.75 Å². The van der Waals surface area contributed by atoms with Crippen molar-refractivity contribution in [2.45, 2.75) is 19.5 Å². The molecule has 0 fully saturated rings. The van der Waals surface area contributed by atoms with Crippen molar-refractivity contribution >= 4 is 27.8 Å². The van der Waals surface area contributed by atoms with Gasteiger partial charge in [-0.25, -0.2) is 0 Å². The van der Waals surface area contributed by atoms with Gasteiger partial charge in [-0.05, 0) is 0 Å². The number of ketones is 1. The molecule has 0 saturated heterocycles. The highest BCUT2D eigenvalue weighted by molar-refractivity contribution is 7.19. The van der Waals surface area contributed by atoms with Crippen LogP contribution in [0.1, 0.15) is 23.0 Å². The van der Waals surface area contributed by atoms with Crippen LogP contribution in [0.4, 0.5) is 23.9 Å². The lowest BCUT2D eigenvalue weighted by Gasteiger charge is -2.08. The Labute approximate surface area is 106 Å². The Morgan fingerprint density at radius 2 is 2.11 bits per heavy atom. The number of halogens is 3. The van der Waals surface area contributed by atoms with E-state index < -0.39 is 12.6 Å². The van der Waals surface area contributed by atoms with Gasteiger partial charge >= 0.3 is 6.18 Å². The number of nitrogen functional groups attached to an aromatic ring is 1. The predicted molar refractivity (Wildman–Crippen MR) is 64.4 cm³/mol. The summed E-state index contributed by atoms with van der Waals surface area (Å²) in [5, 5.41) is 2.92. The van der Waals surface area contributed by atoms with Crippen LogP contribution in [0.3, 0.4) is 0 Å². The highest BCUT2D eigenvalue weighted by atomic mass is 32.1. The standard InChI is InChI=1S/C10H13F3N2O2S/c1-5(16)8-6(14)7(17-2)9(18-8)15-4-3-10(11,12)13/h15H,3-4,14H2,1-2H3. The summed E-state index contributed by atoms with van der Waals surface area (Å²) in [6, 6.07) is 0. The average molecular weight is 282 g/mol. The summed E-state index contributed by atoms with van der Waals surface area (Å²) in [5.41, 5.74) is 5.83. The van der Waals surface area contributed by atoms with Gasteiger partial charge in [0.25, 0.3) is 0 Å². The molecule has 18 heavy (non-hydrogen) atoms. The fraction of sp³-hybridized carbons (Fsp3) is 0.500. The van der Waals surface area contributed by atoms with Crippen molar-refractivity contribution in [2.75, 3.05) is 24.7 Å². The number of carbonyl (C=O) groups excluding carboxylic acids is 1. The molecular weight excluding hydrogens is 269 g/mol. The third-order valence-electron chi connectivity index (χ3n) is 2.12. The van der Waals surface area contributed by atoms with E-state index >= 15 is 0 Å². The number of nitrogens with two attached hydrogens (primary N) is 1. The summed E-state index contributed by atoms with van der Waals surface area (Å²) in [5.74, 6) is -0.0351. The fourth-order valence-electron chi connectivity index (χ4n) is 1.33. The van der Waals surface area contributed by atoms with Crippen molar-refractivity contribution in [1.29, 1.82) is 0 Å². The van der Waals surface area contributed by atoms with Crippen molar-refractivity contribution < 1.29 is 22.7 Å². The first-order valence-electron chi connectivity index (χ1n) is 5.04. The van der Waals surface area contributed by atoms with Gasteiger partial charge < -0.3 is 15.8 Å². The van der Waals surface area contributed by atoms with E-state index in [9.17, 15) is 18.0 Å². The second-order valence-corrected chi connectivity index (χ2v) is 4.58. The maximum atomic E-state index is 12.0. The van der Waals surface area contributed by atoms with E-state index in [0.29, 0.717) is 5.00 Å². The number of anilines is 2. The third kappa shape index (κ3) is 3.52. The molecule has 1 rings (SSSR count). The van der Waals surface area contributed by atoms with E-state index in [-0.39, 0.29) is 28.6 Å². The Kier molecular flexibility index (Phi) is 4.44. The van der Waals surface area contributed by atoms with E-state index in [0.717, 1.165) is 11.3 Å². The molecule has 102 valence electrons.